The maximum atomic E-state index is 9.66. The quantitative estimate of drug-likeness (QED) is 0.714. The van der Waals surface area contributed by atoms with Gasteiger partial charge in [-0.25, -0.2) is 0 Å². The van der Waals surface area contributed by atoms with Crippen LogP contribution in [0.4, 0.5) is 0 Å². The summed E-state index contributed by atoms with van der Waals surface area (Å²) in [5.74, 6) is 0.219. The first kappa shape index (κ1) is 10.5. The third-order valence-corrected chi connectivity index (χ3v) is 2.12. The fraction of sp³-hybridized carbons (Fsp3) is 0.167. The van der Waals surface area contributed by atoms with Crippen molar-refractivity contribution in [2.24, 2.45) is 5.73 Å². The lowest BCUT2D eigenvalue weighted by Gasteiger charge is -2.13. The van der Waals surface area contributed by atoms with E-state index in [4.69, 9.17) is 5.73 Å². The second kappa shape index (κ2) is 4.63. The number of allylic oxidation sites excluding steroid dienone is 1. The Labute approximate surface area is 84.4 Å². The molecule has 14 heavy (non-hydrogen) atoms. The van der Waals surface area contributed by atoms with Crippen LogP contribution in [-0.4, -0.2) is 5.11 Å². The van der Waals surface area contributed by atoms with Crippen LogP contribution in [0, 0.1) is 0 Å². The standard InChI is InChI=1S/C12H15NO/c1-3-6-9-7-5-8-11(14)12(9)10(13)4-2/h3-5,7-8,10,14H,1-2,6,13H2. The van der Waals surface area contributed by atoms with Gasteiger partial charge in [0, 0.05) is 5.56 Å². The number of rotatable bonds is 4. The summed E-state index contributed by atoms with van der Waals surface area (Å²) in [6.45, 7) is 7.28. The summed E-state index contributed by atoms with van der Waals surface area (Å²) >= 11 is 0. The van der Waals surface area contributed by atoms with Gasteiger partial charge in [-0.2, -0.15) is 0 Å². The largest absolute Gasteiger partial charge is 0.508 e. The van der Waals surface area contributed by atoms with Crippen LogP contribution < -0.4 is 5.73 Å². The molecule has 1 atom stereocenters. The first-order valence-corrected chi connectivity index (χ1v) is 4.50. The van der Waals surface area contributed by atoms with Gasteiger partial charge < -0.3 is 10.8 Å². The molecule has 0 radical (unpaired) electrons. The smallest absolute Gasteiger partial charge is 0.120 e. The fourth-order valence-corrected chi connectivity index (χ4v) is 1.44. The van der Waals surface area contributed by atoms with Crippen molar-refractivity contribution in [3.63, 3.8) is 0 Å². The molecule has 0 amide bonds. The molecule has 0 spiro atoms. The second-order valence-corrected chi connectivity index (χ2v) is 3.10. The molecule has 1 aromatic rings. The molecule has 0 saturated carbocycles. The Morgan fingerprint density at radius 1 is 1.43 bits per heavy atom. The zero-order valence-electron chi connectivity index (χ0n) is 8.11. The van der Waals surface area contributed by atoms with E-state index in [1.807, 2.05) is 6.07 Å². The highest BCUT2D eigenvalue weighted by atomic mass is 16.3. The van der Waals surface area contributed by atoms with Crippen molar-refractivity contribution < 1.29 is 5.11 Å². The number of benzene rings is 1. The first-order valence-electron chi connectivity index (χ1n) is 4.50. The van der Waals surface area contributed by atoms with E-state index in [0.29, 0.717) is 6.42 Å². The average Bonchev–Trinajstić information content (AvgIpc) is 2.18. The van der Waals surface area contributed by atoms with Crippen LogP contribution in [0.25, 0.3) is 0 Å². The monoisotopic (exact) mass is 189 g/mol. The van der Waals surface area contributed by atoms with Crippen LogP contribution in [0.1, 0.15) is 17.2 Å². The van der Waals surface area contributed by atoms with Gasteiger partial charge in [0.15, 0.2) is 0 Å². The van der Waals surface area contributed by atoms with Gasteiger partial charge in [-0.3, -0.25) is 0 Å². The van der Waals surface area contributed by atoms with Gasteiger partial charge in [-0.1, -0.05) is 24.3 Å². The van der Waals surface area contributed by atoms with Crippen molar-refractivity contribution in [1.29, 1.82) is 0 Å². The Balaban J connectivity index is 3.20. The SMILES string of the molecule is C=CCc1cccc(O)c1C(N)C=C. The van der Waals surface area contributed by atoms with Crippen LogP contribution in [0.2, 0.25) is 0 Å². The Kier molecular flexibility index (Phi) is 3.48. The Morgan fingerprint density at radius 2 is 2.14 bits per heavy atom. The Bertz CT molecular complexity index is 344. The molecule has 0 bridgehead atoms. The van der Waals surface area contributed by atoms with Crippen molar-refractivity contribution in [3.05, 3.63) is 54.6 Å². The molecular formula is C12H15NO. The van der Waals surface area contributed by atoms with Gasteiger partial charge in [-0.05, 0) is 18.1 Å². The zero-order chi connectivity index (χ0) is 10.6. The highest BCUT2D eigenvalue weighted by Crippen LogP contribution is 2.27. The molecule has 2 nitrogen and oxygen atoms in total. The second-order valence-electron chi connectivity index (χ2n) is 3.10. The summed E-state index contributed by atoms with van der Waals surface area (Å²) in [6, 6.07) is 5.03. The molecule has 0 aliphatic carbocycles. The van der Waals surface area contributed by atoms with E-state index in [-0.39, 0.29) is 11.8 Å². The maximum Gasteiger partial charge on any atom is 0.120 e. The van der Waals surface area contributed by atoms with Crippen molar-refractivity contribution >= 4 is 0 Å². The van der Waals surface area contributed by atoms with Gasteiger partial charge in [0.05, 0.1) is 6.04 Å². The van der Waals surface area contributed by atoms with Crippen LogP contribution in [0.15, 0.2) is 43.5 Å². The van der Waals surface area contributed by atoms with Crippen molar-refractivity contribution in [3.8, 4) is 5.75 Å². The molecule has 0 saturated heterocycles. The molecule has 1 aromatic carbocycles. The molecule has 2 heteroatoms. The van der Waals surface area contributed by atoms with Gasteiger partial charge in [0.1, 0.15) is 5.75 Å². The van der Waals surface area contributed by atoms with Crippen LogP contribution in [0.3, 0.4) is 0 Å². The molecule has 0 aromatic heterocycles. The number of nitrogens with two attached hydrogens (primary N) is 1. The minimum atomic E-state index is -0.328. The van der Waals surface area contributed by atoms with Gasteiger partial charge >= 0.3 is 0 Å². The van der Waals surface area contributed by atoms with Gasteiger partial charge in [0.2, 0.25) is 0 Å². The van der Waals surface area contributed by atoms with Gasteiger partial charge in [0.25, 0.3) is 0 Å². The number of hydrogen-bond donors (Lipinski definition) is 2. The van der Waals surface area contributed by atoms with Crippen molar-refractivity contribution in [2.75, 3.05) is 0 Å². The summed E-state index contributed by atoms with van der Waals surface area (Å²) < 4.78 is 0. The van der Waals surface area contributed by atoms with Crippen molar-refractivity contribution in [2.45, 2.75) is 12.5 Å². The molecular weight excluding hydrogens is 174 g/mol. The van der Waals surface area contributed by atoms with Crippen molar-refractivity contribution in [1.82, 2.24) is 0 Å². The van der Waals surface area contributed by atoms with Crippen LogP contribution >= 0.6 is 0 Å². The lowest BCUT2D eigenvalue weighted by atomic mass is 9.97. The van der Waals surface area contributed by atoms with E-state index in [2.05, 4.69) is 13.2 Å². The van der Waals surface area contributed by atoms with E-state index in [0.717, 1.165) is 11.1 Å². The van der Waals surface area contributed by atoms with Crippen LogP contribution in [0.5, 0.6) is 5.75 Å². The lowest BCUT2D eigenvalue weighted by molar-refractivity contribution is 0.465. The summed E-state index contributed by atoms with van der Waals surface area (Å²) in [5.41, 5.74) is 7.55. The first-order chi connectivity index (χ1) is 6.70. The maximum absolute atomic E-state index is 9.66. The van der Waals surface area contributed by atoms with E-state index >= 15 is 0 Å². The number of hydrogen-bond acceptors (Lipinski definition) is 2. The number of phenolic OH excluding ortho intramolecular Hbond substituents is 1. The van der Waals surface area contributed by atoms with E-state index in [9.17, 15) is 5.11 Å². The van der Waals surface area contributed by atoms with E-state index < -0.39 is 0 Å². The predicted octanol–water partition coefficient (Wildman–Crippen LogP) is 2.31. The summed E-state index contributed by atoms with van der Waals surface area (Å²) in [5, 5.41) is 9.66. The minimum Gasteiger partial charge on any atom is -0.508 e. The summed E-state index contributed by atoms with van der Waals surface area (Å²) in [7, 11) is 0. The molecule has 74 valence electrons. The summed E-state index contributed by atoms with van der Waals surface area (Å²) in [6.07, 6.45) is 4.10. The molecule has 0 aliphatic rings. The molecule has 1 rings (SSSR count). The molecule has 0 fully saturated rings. The minimum absolute atomic E-state index is 0.219. The third-order valence-electron chi connectivity index (χ3n) is 2.12. The molecule has 0 aliphatic heterocycles. The fourth-order valence-electron chi connectivity index (χ4n) is 1.44. The van der Waals surface area contributed by atoms with Crippen LogP contribution in [-0.2, 0) is 6.42 Å². The molecule has 0 heterocycles. The molecule has 3 N–H and O–H groups in total. The Hall–Kier alpha value is -1.54. The molecule has 1 unspecified atom stereocenters. The summed E-state index contributed by atoms with van der Waals surface area (Å²) in [4.78, 5) is 0. The zero-order valence-corrected chi connectivity index (χ0v) is 8.11. The normalized spacial score (nSPS) is 12.1. The number of phenols is 1. The average molecular weight is 189 g/mol. The topological polar surface area (TPSA) is 46.2 Å². The highest BCUT2D eigenvalue weighted by Gasteiger charge is 2.11. The third kappa shape index (κ3) is 2.03. The number of aromatic hydroxyl groups is 1. The van der Waals surface area contributed by atoms with E-state index in [1.54, 1.807) is 24.3 Å². The predicted molar refractivity (Wildman–Crippen MR) is 59.1 cm³/mol. The Morgan fingerprint density at radius 3 is 2.71 bits per heavy atom. The van der Waals surface area contributed by atoms with E-state index in [1.165, 1.54) is 0 Å². The lowest BCUT2D eigenvalue weighted by Crippen LogP contribution is -2.09. The van der Waals surface area contributed by atoms with Gasteiger partial charge in [-0.15, -0.1) is 13.2 Å². The highest BCUT2D eigenvalue weighted by molar-refractivity contribution is 5.43.